The molecule has 0 unspecified atom stereocenters. The SMILES string of the molecule is COc1ccc(C[C@H](N)CSC)cc1. The third-order valence-electron chi connectivity index (χ3n) is 2.04. The zero-order valence-electron chi connectivity index (χ0n) is 8.69. The van der Waals surface area contributed by atoms with Gasteiger partial charge in [-0.15, -0.1) is 0 Å². The van der Waals surface area contributed by atoms with E-state index in [1.165, 1.54) is 5.56 Å². The number of hydrogen-bond donors (Lipinski definition) is 1. The molecule has 78 valence electrons. The van der Waals surface area contributed by atoms with Crippen molar-refractivity contribution in [2.24, 2.45) is 5.73 Å². The molecule has 0 aliphatic rings. The molecule has 1 rings (SSSR count). The van der Waals surface area contributed by atoms with Gasteiger partial charge in [-0.2, -0.15) is 11.8 Å². The van der Waals surface area contributed by atoms with Crippen molar-refractivity contribution in [3.05, 3.63) is 29.8 Å². The number of thioether (sulfide) groups is 1. The van der Waals surface area contributed by atoms with Crippen LogP contribution in [0.3, 0.4) is 0 Å². The quantitative estimate of drug-likeness (QED) is 0.808. The minimum absolute atomic E-state index is 0.249. The lowest BCUT2D eigenvalue weighted by Gasteiger charge is -2.10. The van der Waals surface area contributed by atoms with Crippen molar-refractivity contribution in [3.63, 3.8) is 0 Å². The number of nitrogens with two attached hydrogens (primary N) is 1. The average molecular weight is 211 g/mol. The maximum Gasteiger partial charge on any atom is 0.118 e. The number of ether oxygens (including phenoxy) is 1. The molecule has 0 saturated carbocycles. The number of rotatable bonds is 5. The third-order valence-corrected chi connectivity index (χ3v) is 2.80. The summed E-state index contributed by atoms with van der Waals surface area (Å²) in [7, 11) is 1.68. The van der Waals surface area contributed by atoms with Gasteiger partial charge in [-0.3, -0.25) is 0 Å². The van der Waals surface area contributed by atoms with Crippen LogP contribution in [0, 0.1) is 0 Å². The average Bonchev–Trinajstić information content (AvgIpc) is 2.19. The number of benzene rings is 1. The summed E-state index contributed by atoms with van der Waals surface area (Å²) in [6, 6.07) is 8.33. The van der Waals surface area contributed by atoms with Gasteiger partial charge in [0.2, 0.25) is 0 Å². The molecule has 0 aliphatic heterocycles. The van der Waals surface area contributed by atoms with E-state index in [-0.39, 0.29) is 6.04 Å². The van der Waals surface area contributed by atoms with Crippen molar-refractivity contribution in [2.75, 3.05) is 19.1 Å². The van der Waals surface area contributed by atoms with Gasteiger partial charge in [0.05, 0.1) is 7.11 Å². The van der Waals surface area contributed by atoms with Crippen LogP contribution in [0.5, 0.6) is 5.75 Å². The molecule has 1 aromatic rings. The fourth-order valence-corrected chi connectivity index (χ4v) is 1.88. The van der Waals surface area contributed by atoms with E-state index in [1.54, 1.807) is 18.9 Å². The van der Waals surface area contributed by atoms with Gasteiger partial charge < -0.3 is 10.5 Å². The van der Waals surface area contributed by atoms with Gasteiger partial charge >= 0.3 is 0 Å². The van der Waals surface area contributed by atoms with Crippen LogP contribution >= 0.6 is 11.8 Å². The fourth-order valence-electron chi connectivity index (χ4n) is 1.34. The van der Waals surface area contributed by atoms with Gasteiger partial charge in [-0.25, -0.2) is 0 Å². The monoisotopic (exact) mass is 211 g/mol. The van der Waals surface area contributed by atoms with E-state index in [2.05, 4.69) is 18.4 Å². The molecule has 2 nitrogen and oxygen atoms in total. The number of hydrogen-bond acceptors (Lipinski definition) is 3. The Balaban J connectivity index is 2.50. The standard InChI is InChI=1S/C11H17NOS/c1-13-11-5-3-9(4-6-11)7-10(12)8-14-2/h3-6,10H,7-8,12H2,1-2H3/t10-/m0/s1. The second kappa shape index (κ2) is 5.94. The maximum atomic E-state index is 5.93. The molecule has 0 amide bonds. The Kier molecular flexibility index (Phi) is 4.84. The summed E-state index contributed by atoms with van der Waals surface area (Å²) in [6.07, 6.45) is 3.01. The van der Waals surface area contributed by atoms with E-state index in [0.717, 1.165) is 17.9 Å². The molecule has 1 aromatic carbocycles. The molecule has 1 atom stereocenters. The Labute approximate surface area is 89.8 Å². The van der Waals surface area contributed by atoms with Crippen molar-refractivity contribution in [1.82, 2.24) is 0 Å². The summed E-state index contributed by atoms with van der Waals surface area (Å²) >= 11 is 1.79. The van der Waals surface area contributed by atoms with E-state index >= 15 is 0 Å². The Hall–Kier alpha value is -0.670. The maximum absolute atomic E-state index is 5.93. The van der Waals surface area contributed by atoms with E-state index in [9.17, 15) is 0 Å². The van der Waals surface area contributed by atoms with Gasteiger partial charge in [0.15, 0.2) is 0 Å². The molecule has 0 bridgehead atoms. The second-order valence-electron chi connectivity index (χ2n) is 3.27. The number of methoxy groups -OCH3 is 1. The smallest absolute Gasteiger partial charge is 0.118 e. The highest BCUT2D eigenvalue weighted by Gasteiger charge is 2.02. The normalized spacial score (nSPS) is 12.5. The molecular formula is C11H17NOS. The first-order chi connectivity index (χ1) is 6.76. The predicted molar refractivity (Wildman–Crippen MR) is 63.1 cm³/mol. The van der Waals surface area contributed by atoms with Crippen molar-refractivity contribution in [3.8, 4) is 5.75 Å². The van der Waals surface area contributed by atoms with Crippen LogP contribution < -0.4 is 10.5 Å². The summed E-state index contributed by atoms with van der Waals surface area (Å²) in [5, 5.41) is 0. The first kappa shape index (κ1) is 11.4. The highest BCUT2D eigenvalue weighted by atomic mass is 32.2. The zero-order valence-corrected chi connectivity index (χ0v) is 9.51. The van der Waals surface area contributed by atoms with E-state index in [4.69, 9.17) is 10.5 Å². The predicted octanol–water partition coefficient (Wildman–Crippen LogP) is 1.93. The first-order valence-electron chi connectivity index (χ1n) is 4.63. The van der Waals surface area contributed by atoms with Crippen LogP contribution in [0.2, 0.25) is 0 Å². The van der Waals surface area contributed by atoms with Crippen LogP contribution in [0.15, 0.2) is 24.3 Å². The summed E-state index contributed by atoms with van der Waals surface area (Å²) in [5.74, 6) is 1.90. The van der Waals surface area contributed by atoms with Crippen molar-refractivity contribution in [2.45, 2.75) is 12.5 Å². The Morgan fingerprint density at radius 1 is 1.36 bits per heavy atom. The van der Waals surface area contributed by atoms with Gasteiger partial charge in [0.1, 0.15) is 5.75 Å². The minimum atomic E-state index is 0.249. The van der Waals surface area contributed by atoms with Gasteiger partial charge in [-0.1, -0.05) is 12.1 Å². The highest BCUT2D eigenvalue weighted by Crippen LogP contribution is 2.12. The summed E-state index contributed by atoms with van der Waals surface area (Å²) in [4.78, 5) is 0. The van der Waals surface area contributed by atoms with Crippen molar-refractivity contribution >= 4 is 11.8 Å². The molecule has 3 heteroatoms. The molecule has 0 spiro atoms. The largest absolute Gasteiger partial charge is 0.497 e. The summed E-state index contributed by atoms with van der Waals surface area (Å²) < 4.78 is 5.09. The third kappa shape index (κ3) is 3.60. The van der Waals surface area contributed by atoms with Gasteiger partial charge in [0.25, 0.3) is 0 Å². The van der Waals surface area contributed by atoms with E-state index in [0.29, 0.717) is 0 Å². The van der Waals surface area contributed by atoms with E-state index in [1.807, 2.05) is 12.1 Å². The molecular weight excluding hydrogens is 194 g/mol. The Morgan fingerprint density at radius 3 is 2.50 bits per heavy atom. The van der Waals surface area contributed by atoms with Crippen molar-refractivity contribution in [1.29, 1.82) is 0 Å². The lowest BCUT2D eigenvalue weighted by atomic mass is 10.1. The molecule has 0 aromatic heterocycles. The van der Waals surface area contributed by atoms with Crippen molar-refractivity contribution < 1.29 is 4.74 Å². The fraction of sp³-hybridized carbons (Fsp3) is 0.455. The van der Waals surface area contributed by atoms with Crippen LogP contribution in [0.1, 0.15) is 5.56 Å². The van der Waals surface area contributed by atoms with Crippen LogP contribution in [-0.4, -0.2) is 25.2 Å². The first-order valence-corrected chi connectivity index (χ1v) is 6.03. The summed E-state index contributed by atoms with van der Waals surface area (Å²) in [5.41, 5.74) is 7.21. The Morgan fingerprint density at radius 2 is 2.00 bits per heavy atom. The van der Waals surface area contributed by atoms with Crippen LogP contribution in [-0.2, 0) is 6.42 Å². The van der Waals surface area contributed by atoms with E-state index < -0.39 is 0 Å². The topological polar surface area (TPSA) is 35.2 Å². The molecule has 0 heterocycles. The van der Waals surface area contributed by atoms with Gasteiger partial charge in [0, 0.05) is 11.8 Å². The lowest BCUT2D eigenvalue weighted by Crippen LogP contribution is -2.25. The second-order valence-corrected chi connectivity index (χ2v) is 4.18. The molecule has 0 aliphatic carbocycles. The molecule has 2 N–H and O–H groups in total. The Bertz CT molecular complexity index is 260. The molecule has 0 radical (unpaired) electrons. The lowest BCUT2D eigenvalue weighted by molar-refractivity contribution is 0.414. The van der Waals surface area contributed by atoms with Crippen LogP contribution in [0.25, 0.3) is 0 Å². The summed E-state index contributed by atoms with van der Waals surface area (Å²) in [6.45, 7) is 0. The molecule has 14 heavy (non-hydrogen) atoms. The highest BCUT2D eigenvalue weighted by molar-refractivity contribution is 7.98. The van der Waals surface area contributed by atoms with Crippen LogP contribution in [0.4, 0.5) is 0 Å². The minimum Gasteiger partial charge on any atom is -0.497 e. The zero-order chi connectivity index (χ0) is 10.4. The van der Waals surface area contributed by atoms with Gasteiger partial charge in [-0.05, 0) is 30.4 Å². The molecule has 0 fully saturated rings. The molecule has 0 saturated heterocycles.